The molecule has 4 rings (SSSR count). The molecular formula is C22H17Cl2NO3. The molecule has 0 saturated heterocycles. The molecule has 3 aromatic carbocycles. The molecule has 28 heavy (non-hydrogen) atoms. The van der Waals surface area contributed by atoms with Crippen molar-refractivity contribution in [2.75, 3.05) is 5.32 Å². The van der Waals surface area contributed by atoms with Crippen LogP contribution in [0.5, 0.6) is 11.5 Å². The van der Waals surface area contributed by atoms with Gasteiger partial charge < -0.3 is 15.2 Å². The number of carboxylic acid groups (broad SMARTS) is 1. The first-order chi connectivity index (χ1) is 13.5. The molecule has 3 aromatic rings. The van der Waals surface area contributed by atoms with Crippen molar-refractivity contribution in [3.8, 4) is 11.5 Å². The highest BCUT2D eigenvalue weighted by Crippen LogP contribution is 2.43. The Morgan fingerprint density at radius 3 is 2.43 bits per heavy atom. The second-order valence-electron chi connectivity index (χ2n) is 6.64. The van der Waals surface area contributed by atoms with Crippen LogP contribution in [0.15, 0.2) is 54.6 Å². The lowest BCUT2D eigenvalue weighted by Crippen LogP contribution is -2.09. The van der Waals surface area contributed by atoms with Crippen LogP contribution in [0.3, 0.4) is 0 Å². The summed E-state index contributed by atoms with van der Waals surface area (Å²) in [6, 6.07) is 16.6. The van der Waals surface area contributed by atoms with Gasteiger partial charge in [-0.25, -0.2) is 4.79 Å². The highest BCUT2D eigenvalue weighted by atomic mass is 35.5. The summed E-state index contributed by atoms with van der Waals surface area (Å²) < 4.78 is 5.87. The van der Waals surface area contributed by atoms with Gasteiger partial charge in [-0.3, -0.25) is 0 Å². The zero-order valence-electron chi connectivity index (χ0n) is 14.8. The van der Waals surface area contributed by atoms with Gasteiger partial charge in [0.1, 0.15) is 0 Å². The lowest BCUT2D eigenvalue weighted by atomic mass is 10.0. The smallest absolute Gasteiger partial charge is 0.337 e. The van der Waals surface area contributed by atoms with Crippen LogP contribution in [-0.4, -0.2) is 11.1 Å². The molecule has 0 spiro atoms. The number of hydrogen-bond donors (Lipinski definition) is 2. The predicted octanol–water partition coefficient (Wildman–Crippen LogP) is 6.72. The molecule has 0 amide bonds. The maximum absolute atomic E-state index is 11.5. The van der Waals surface area contributed by atoms with Crippen LogP contribution in [0.2, 0.25) is 10.0 Å². The molecule has 1 aliphatic heterocycles. The minimum absolute atomic E-state index is 0.188. The van der Waals surface area contributed by atoms with Crippen molar-refractivity contribution in [1.82, 2.24) is 0 Å². The van der Waals surface area contributed by atoms with Gasteiger partial charge in [-0.05, 0) is 66.8 Å². The van der Waals surface area contributed by atoms with Crippen molar-refractivity contribution in [2.24, 2.45) is 0 Å². The van der Waals surface area contributed by atoms with Crippen molar-refractivity contribution in [3.63, 3.8) is 0 Å². The first-order valence-corrected chi connectivity index (χ1v) is 9.65. The van der Waals surface area contributed by atoms with Crippen molar-refractivity contribution >= 4 is 40.5 Å². The predicted molar refractivity (Wildman–Crippen MR) is 112 cm³/mol. The van der Waals surface area contributed by atoms with Crippen LogP contribution in [0.4, 0.5) is 11.4 Å². The van der Waals surface area contributed by atoms with Crippen LogP contribution in [0.1, 0.15) is 27.9 Å². The van der Waals surface area contributed by atoms with Crippen LogP contribution in [0.25, 0.3) is 0 Å². The molecule has 0 aliphatic carbocycles. The minimum atomic E-state index is -0.992. The molecular weight excluding hydrogens is 397 g/mol. The number of ether oxygens (including phenoxy) is 1. The summed E-state index contributed by atoms with van der Waals surface area (Å²) in [4.78, 5) is 11.5. The van der Waals surface area contributed by atoms with E-state index in [0.717, 1.165) is 36.1 Å². The monoisotopic (exact) mass is 413 g/mol. The zero-order valence-corrected chi connectivity index (χ0v) is 16.3. The summed E-state index contributed by atoms with van der Waals surface area (Å²) in [5, 5.41) is 13.7. The van der Waals surface area contributed by atoms with Gasteiger partial charge in [0, 0.05) is 0 Å². The number of nitrogens with one attached hydrogen (secondary N) is 1. The van der Waals surface area contributed by atoms with E-state index in [-0.39, 0.29) is 5.56 Å². The molecule has 0 atom stereocenters. The van der Waals surface area contributed by atoms with E-state index in [4.69, 9.17) is 27.9 Å². The fraction of sp³-hybridized carbons (Fsp3) is 0.136. The van der Waals surface area contributed by atoms with Gasteiger partial charge in [-0.15, -0.1) is 0 Å². The SMILES string of the molecule is O=C(O)c1cccc2c1Nc1cc(CCCc3ccc(Cl)c(Cl)c3)ccc1O2. The van der Waals surface area contributed by atoms with E-state index >= 15 is 0 Å². The first kappa shape index (κ1) is 18.7. The Morgan fingerprint density at radius 2 is 1.68 bits per heavy atom. The molecule has 1 heterocycles. The molecule has 0 saturated carbocycles. The minimum Gasteiger partial charge on any atom is -0.478 e. The van der Waals surface area contributed by atoms with E-state index in [1.54, 1.807) is 18.2 Å². The number of para-hydroxylation sites is 1. The van der Waals surface area contributed by atoms with Crippen LogP contribution in [-0.2, 0) is 12.8 Å². The van der Waals surface area contributed by atoms with Crippen LogP contribution in [0, 0.1) is 0 Å². The number of carboxylic acids is 1. The van der Waals surface area contributed by atoms with Gasteiger partial charge in [0.25, 0.3) is 0 Å². The summed E-state index contributed by atoms with van der Waals surface area (Å²) in [5.41, 5.74) is 3.73. The number of aryl methyl sites for hydroxylation is 2. The normalized spacial score (nSPS) is 11.8. The summed E-state index contributed by atoms with van der Waals surface area (Å²) in [7, 11) is 0. The third-order valence-electron chi connectivity index (χ3n) is 4.70. The van der Waals surface area contributed by atoms with E-state index in [1.165, 1.54) is 0 Å². The molecule has 2 N–H and O–H groups in total. The van der Waals surface area contributed by atoms with E-state index in [1.807, 2.05) is 36.4 Å². The van der Waals surface area contributed by atoms with E-state index in [9.17, 15) is 9.90 Å². The summed E-state index contributed by atoms with van der Waals surface area (Å²) in [5.74, 6) is 0.206. The summed E-state index contributed by atoms with van der Waals surface area (Å²) in [6.07, 6.45) is 2.72. The Labute approximate surface area is 172 Å². The lowest BCUT2D eigenvalue weighted by molar-refractivity contribution is 0.0697. The largest absolute Gasteiger partial charge is 0.478 e. The van der Waals surface area contributed by atoms with E-state index in [0.29, 0.717) is 27.2 Å². The maximum atomic E-state index is 11.5. The Hall–Kier alpha value is -2.69. The molecule has 0 unspecified atom stereocenters. The van der Waals surface area contributed by atoms with Crippen LogP contribution >= 0.6 is 23.2 Å². The number of fused-ring (bicyclic) bond motifs is 2. The fourth-order valence-electron chi connectivity index (χ4n) is 3.29. The zero-order chi connectivity index (χ0) is 19.7. The summed E-state index contributed by atoms with van der Waals surface area (Å²) in [6.45, 7) is 0. The number of aromatic carboxylic acids is 1. The highest BCUT2D eigenvalue weighted by Gasteiger charge is 2.22. The standard InChI is InChI=1S/C22H17Cl2NO3/c23-16-9-7-13(11-17(16)24)3-1-4-14-8-10-19-18(12-14)25-21-15(22(26)27)5-2-6-20(21)28-19/h2,5-12,25H,1,3-4H2,(H,26,27). The molecule has 6 heteroatoms. The van der Waals surface area contributed by atoms with E-state index < -0.39 is 5.97 Å². The third kappa shape index (κ3) is 3.79. The molecule has 142 valence electrons. The van der Waals surface area contributed by atoms with Crippen molar-refractivity contribution in [3.05, 3.63) is 81.3 Å². The number of carbonyl (C=O) groups is 1. The lowest BCUT2D eigenvalue weighted by Gasteiger charge is -2.23. The Morgan fingerprint density at radius 1 is 0.929 bits per heavy atom. The van der Waals surface area contributed by atoms with E-state index in [2.05, 4.69) is 5.32 Å². The summed E-state index contributed by atoms with van der Waals surface area (Å²) >= 11 is 12.0. The average Bonchev–Trinajstić information content (AvgIpc) is 2.68. The average molecular weight is 414 g/mol. The van der Waals surface area contributed by atoms with Gasteiger partial charge in [-0.2, -0.15) is 0 Å². The maximum Gasteiger partial charge on any atom is 0.337 e. The Kier molecular flexibility index (Phi) is 5.16. The number of anilines is 2. The third-order valence-corrected chi connectivity index (χ3v) is 5.43. The first-order valence-electron chi connectivity index (χ1n) is 8.89. The van der Waals surface area contributed by atoms with Gasteiger partial charge in [0.05, 0.1) is 27.0 Å². The second kappa shape index (κ2) is 7.74. The molecule has 4 nitrogen and oxygen atoms in total. The highest BCUT2D eigenvalue weighted by molar-refractivity contribution is 6.42. The fourth-order valence-corrected chi connectivity index (χ4v) is 3.61. The Bertz CT molecular complexity index is 1070. The quantitative estimate of drug-likeness (QED) is 0.381. The van der Waals surface area contributed by atoms with Crippen molar-refractivity contribution in [2.45, 2.75) is 19.3 Å². The number of rotatable bonds is 5. The van der Waals surface area contributed by atoms with Crippen molar-refractivity contribution < 1.29 is 14.6 Å². The number of halogens is 2. The second-order valence-corrected chi connectivity index (χ2v) is 7.46. The topological polar surface area (TPSA) is 58.6 Å². The molecule has 0 bridgehead atoms. The molecule has 0 fully saturated rings. The van der Waals surface area contributed by atoms with Gasteiger partial charge in [-0.1, -0.05) is 41.4 Å². The molecule has 0 aromatic heterocycles. The van der Waals surface area contributed by atoms with Crippen molar-refractivity contribution in [1.29, 1.82) is 0 Å². The molecule has 0 radical (unpaired) electrons. The number of hydrogen-bond acceptors (Lipinski definition) is 3. The van der Waals surface area contributed by atoms with Gasteiger partial charge in [0.2, 0.25) is 0 Å². The molecule has 1 aliphatic rings. The van der Waals surface area contributed by atoms with Crippen LogP contribution < -0.4 is 10.1 Å². The van der Waals surface area contributed by atoms with Gasteiger partial charge in [0.15, 0.2) is 11.5 Å². The number of benzene rings is 3. The van der Waals surface area contributed by atoms with Gasteiger partial charge >= 0.3 is 5.97 Å². The Balaban J connectivity index is 1.47.